The zero-order valence-corrected chi connectivity index (χ0v) is 12.8. The first-order valence-corrected chi connectivity index (χ1v) is 7.17. The molecule has 6 heteroatoms. The first-order valence-electron chi connectivity index (χ1n) is 7.17. The maximum Gasteiger partial charge on any atom is 0.299 e. The summed E-state index contributed by atoms with van der Waals surface area (Å²) in [5.74, 6) is -0.933. The van der Waals surface area contributed by atoms with Gasteiger partial charge < -0.3 is 15.3 Å². The lowest BCUT2D eigenvalue weighted by molar-refractivity contribution is 0.0992. The van der Waals surface area contributed by atoms with Crippen LogP contribution in [0.1, 0.15) is 15.9 Å². The molecule has 1 amide bonds. The highest BCUT2D eigenvalue weighted by Crippen LogP contribution is 2.40. The molecule has 0 bridgehead atoms. The lowest BCUT2D eigenvalue weighted by atomic mass is 10.0. The Bertz CT molecular complexity index is 980. The number of carbonyl (C=O) groups excluding carboxylic acids is 1. The molecular formula is C18H14N2O4. The molecule has 120 valence electrons. The summed E-state index contributed by atoms with van der Waals surface area (Å²) in [4.78, 5) is 12.1. The van der Waals surface area contributed by atoms with Crippen molar-refractivity contribution in [1.29, 1.82) is 0 Å². The molecule has 3 aromatic carbocycles. The third kappa shape index (κ3) is 2.65. The van der Waals surface area contributed by atoms with Gasteiger partial charge in [-0.3, -0.25) is 4.79 Å². The van der Waals surface area contributed by atoms with Crippen molar-refractivity contribution in [3.05, 3.63) is 59.7 Å². The summed E-state index contributed by atoms with van der Waals surface area (Å²) in [5, 5.41) is 38.1. The van der Waals surface area contributed by atoms with Crippen LogP contribution in [0, 0.1) is 6.92 Å². The molecule has 0 unspecified atom stereocenters. The molecule has 24 heavy (non-hydrogen) atoms. The Labute approximate surface area is 137 Å². The van der Waals surface area contributed by atoms with Crippen LogP contribution < -0.4 is 0 Å². The molecule has 3 aromatic rings. The number of aryl methyl sites for hydroxylation is 1. The molecule has 0 aliphatic carbocycles. The number of hydrogen-bond acceptors (Lipinski definition) is 5. The second-order valence-corrected chi connectivity index (χ2v) is 5.28. The molecule has 3 rings (SSSR count). The van der Waals surface area contributed by atoms with Crippen LogP contribution in [0.5, 0.6) is 17.2 Å². The lowest BCUT2D eigenvalue weighted by Crippen LogP contribution is -1.93. The van der Waals surface area contributed by atoms with Crippen molar-refractivity contribution in [2.45, 2.75) is 6.92 Å². The standard InChI is InChI=1S/C18H14N2O4/c1-10-9-13(16-12(17(10)23)6-4-8-15(16)22)19-20-18(24)11-5-2-3-7-14(11)21/h2-9,21-23H,1H3. The zero-order valence-electron chi connectivity index (χ0n) is 12.8. The average Bonchev–Trinajstić information content (AvgIpc) is 2.57. The molecule has 0 heterocycles. The van der Waals surface area contributed by atoms with Crippen LogP contribution in [0.2, 0.25) is 0 Å². The van der Waals surface area contributed by atoms with Gasteiger partial charge in [0.05, 0.1) is 16.6 Å². The summed E-state index contributed by atoms with van der Waals surface area (Å²) >= 11 is 0. The first kappa shape index (κ1) is 15.5. The Hall–Kier alpha value is -3.41. The summed E-state index contributed by atoms with van der Waals surface area (Å²) in [6.45, 7) is 1.68. The van der Waals surface area contributed by atoms with E-state index in [-0.39, 0.29) is 28.5 Å². The Morgan fingerprint density at radius 2 is 1.67 bits per heavy atom. The highest BCUT2D eigenvalue weighted by Gasteiger charge is 2.13. The monoisotopic (exact) mass is 322 g/mol. The first-order chi connectivity index (χ1) is 11.5. The summed E-state index contributed by atoms with van der Waals surface area (Å²) < 4.78 is 0. The number of aromatic hydroxyl groups is 3. The summed E-state index contributed by atoms with van der Waals surface area (Å²) in [5.41, 5.74) is 0.824. The second-order valence-electron chi connectivity index (χ2n) is 5.28. The van der Waals surface area contributed by atoms with Gasteiger partial charge in [0.1, 0.15) is 17.2 Å². The minimum atomic E-state index is -0.706. The van der Waals surface area contributed by atoms with Gasteiger partial charge in [-0.2, -0.15) is 0 Å². The highest BCUT2D eigenvalue weighted by atomic mass is 16.3. The number of benzene rings is 3. The van der Waals surface area contributed by atoms with Gasteiger partial charge in [0.25, 0.3) is 5.91 Å². The van der Waals surface area contributed by atoms with E-state index in [1.165, 1.54) is 24.3 Å². The SMILES string of the molecule is Cc1cc(N=NC(=O)c2ccccc2O)c2c(O)cccc2c1O. The van der Waals surface area contributed by atoms with Crippen molar-refractivity contribution in [2.24, 2.45) is 10.2 Å². The van der Waals surface area contributed by atoms with Gasteiger partial charge >= 0.3 is 0 Å². The van der Waals surface area contributed by atoms with E-state index in [9.17, 15) is 20.1 Å². The molecule has 0 aromatic heterocycles. The highest BCUT2D eigenvalue weighted by molar-refractivity contribution is 6.02. The minimum absolute atomic E-state index is 0.0327. The van der Waals surface area contributed by atoms with Gasteiger partial charge in [-0.1, -0.05) is 24.3 Å². The molecule has 6 nitrogen and oxygen atoms in total. The third-order valence-electron chi connectivity index (χ3n) is 3.66. The van der Waals surface area contributed by atoms with Gasteiger partial charge in [-0.25, -0.2) is 0 Å². The molecule has 0 saturated carbocycles. The predicted molar refractivity (Wildman–Crippen MR) is 89.0 cm³/mol. The number of amides is 1. The molecule has 0 spiro atoms. The zero-order chi connectivity index (χ0) is 17.3. The number of phenols is 3. The van der Waals surface area contributed by atoms with Crippen LogP contribution in [0.4, 0.5) is 5.69 Å². The van der Waals surface area contributed by atoms with Crippen LogP contribution in [0.25, 0.3) is 10.8 Å². The molecule has 3 N–H and O–H groups in total. The maximum absolute atomic E-state index is 12.1. The largest absolute Gasteiger partial charge is 0.507 e. The summed E-state index contributed by atoms with van der Waals surface area (Å²) in [6, 6.07) is 12.3. The van der Waals surface area contributed by atoms with Crippen molar-refractivity contribution in [2.75, 3.05) is 0 Å². The van der Waals surface area contributed by atoms with Crippen LogP contribution in [0.15, 0.2) is 58.8 Å². The van der Waals surface area contributed by atoms with E-state index in [1.807, 2.05) is 0 Å². The van der Waals surface area contributed by atoms with E-state index in [0.29, 0.717) is 16.3 Å². The second kappa shape index (κ2) is 6.00. The van der Waals surface area contributed by atoms with Crippen molar-refractivity contribution in [3.63, 3.8) is 0 Å². The van der Waals surface area contributed by atoms with Crippen LogP contribution in [-0.2, 0) is 0 Å². The predicted octanol–water partition coefficient (Wildman–Crippen LogP) is 4.19. The van der Waals surface area contributed by atoms with Crippen molar-refractivity contribution in [3.8, 4) is 17.2 Å². The van der Waals surface area contributed by atoms with E-state index in [2.05, 4.69) is 10.2 Å². The van der Waals surface area contributed by atoms with Gasteiger partial charge in [0.2, 0.25) is 0 Å². The van der Waals surface area contributed by atoms with E-state index in [4.69, 9.17) is 0 Å². The third-order valence-corrected chi connectivity index (χ3v) is 3.66. The number of fused-ring (bicyclic) bond motifs is 1. The van der Waals surface area contributed by atoms with Crippen LogP contribution in [-0.4, -0.2) is 21.2 Å². The van der Waals surface area contributed by atoms with E-state index in [0.717, 1.165) is 0 Å². The Morgan fingerprint density at radius 3 is 2.42 bits per heavy atom. The smallest absolute Gasteiger partial charge is 0.299 e. The Morgan fingerprint density at radius 1 is 0.958 bits per heavy atom. The minimum Gasteiger partial charge on any atom is -0.507 e. The van der Waals surface area contributed by atoms with Crippen molar-refractivity contribution < 1.29 is 20.1 Å². The topological polar surface area (TPSA) is 102 Å². The van der Waals surface area contributed by atoms with Crippen LogP contribution in [0.3, 0.4) is 0 Å². The van der Waals surface area contributed by atoms with Gasteiger partial charge in [0, 0.05) is 5.39 Å². The molecule has 0 radical (unpaired) electrons. The quantitative estimate of drug-likeness (QED) is 0.615. The average molecular weight is 322 g/mol. The fraction of sp³-hybridized carbons (Fsp3) is 0.0556. The molecule has 0 saturated heterocycles. The molecule has 0 aliphatic rings. The van der Waals surface area contributed by atoms with Crippen molar-refractivity contribution >= 4 is 22.4 Å². The fourth-order valence-corrected chi connectivity index (χ4v) is 2.45. The molecular weight excluding hydrogens is 308 g/mol. The van der Waals surface area contributed by atoms with E-state index >= 15 is 0 Å². The molecule has 0 aliphatic heterocycles. The van der Waals surface area contributed by atoms with Crippen LogP contribution >= 0.6 is 0 Å². The summed E-state index contributed by atoms with van der Waals surface area (Å²) in [7, 11) is 0. The number of azo groups is 1. The fourth-order valence-electron chi connectivity index (χ4n) is 2.45. The Kier molecular flexibility index (Phi) is 3.87. The summed E-state index contributed by atoms with van der Waals surface area (Å²) in [6.07, 6.45) is 0. The Balaban J connectivity index is 2.09. The van der Waals surface area contributed by atoms with Gasteiger partial charge in [0.15, 0.2) is 0 Å². The molecule has 0 fully saturated rings. The maximum atomic E-state index is 12.1. The lowest BCUT2D eigenvalue weighted by Gasteiger charge is -2.08. The number of phenolic OH excluding ortho intramolecular Hbond substituents is 3. The number of carbonyl (C=O) groups is 1. The van der Waals surface area contributed by atoms with Gasteiger partial charge in [-0.05, 0) is 36.8 Å². The normalized spacial score (nSPS) is 11.2. The number of nitrogens with zero attached hydrogens (tertiary/aromatic N) is 2. The number of hydrogen-bond donors (Lipinski definition) is 3. The number of rotatable bonds is 2. The molecule has 0 atom stereocenters. The van der Waals surface area contributed by atoms with Gasteiger partial charge in [-0.15, -0.1) is 10.2 Å². The van der Waals surface area contributed by atoms with E-state index < -0.39 is 5.91 Å². The number of para-hydroxylation sites is 1. The van der Waals surface area contributed by atoms with E-state index in [1.54, 1.807) is 31.2 Å². The van der Waals surface area contributed by atoms with Crippen molar-refractivity contribution in [1.82, 2.24) is 0 Å².